The van der Waals surface area contributed by atoms with Crippen LogP contribution in [0.1, 0.15) is 18.7 Å². The fourth-order valence-electron chi connectivity index (χ4n) is 2.83. The van der Waals surface area contributed by atoms with Crippen LogP contribution in [0.25, 0.3) is 11.0 Å². The minimum Gasteiger partial charge on any atom is -0.328 e. The van der Waals surface area contributed by atoms with Gasteiger partial charge < -0.3 is 4.57 Å². The molecule has 0 radical (unpaired) electrons. The second-order valence-electron chi connectivity index (χ2n) is 5.24. The number of imidazole rings is 1. The maximum atomic E-state index is 6.27. The summed E-state index contributed by atoms with van der Waals surface area (Å²) in [4.78, 5) is 4.71. The number of halogens is 2. The minimum absolute atomic E-state index is 0.599. The Morgan fingerprint density at radius 1 is 1.30 bits per heavy atom. The number of benzene rings is 1. The van der Waals surface area contributed by atoms with E-state index in [2.05, 4.69) is 22.4 Å². The van der Waals surface area contributed by atoms with Crippen molar-refractivity contribution in [1.29, 1.82) is 0 Å². The van der Waals surface area contributed by atoms with E-state index < -0.39 is 0 Å². The van der Waals surface area contributed by atoms with E-state index in [9.17, 15) is 0 Å². The molecule has 1 aliphatic rings. The lowest BCUT2D eigenvalue weighted by Crippen LogP contribution is -2.18. The van der Waals surface area contributed by atoms with E-state index in [0.717, 1.165) is 40.8 Å². The van der Waals surface area contributed by atoms with Gasteiger partial charge in [-0.1, -0.05) is 17.7 Å². The highest BCUT2D eigenvalue weighted by molar-refractivity contribution is 7.99. The Bertz CT molecular complexity index is 591. The maximum absolute atomic E-state index is 6.27. The number of fused-ring (bicyclic) bond motifs is 1. The van der Waals surface area contributed by atoms with Crippen molar-refractivity contribution in [1.82, 2.24) is 9.55 Å². The molecule has 1 aliphatic heterocycles. The van der Waals surface area contributed by atoms with Gasteiger partial charge >= 0.3 is 0 Å². The molecule has 1 fully saturated rings. The summed E-state index contributed by atoms with van der Waals surface area (Å²) in [6, 6.07) is 6.02. The molecule has 20 heavy (non-hydrogen) atoms. The van der Waals surface area contributed by atoms with Crippen LogP contribution in [0.3, 0.4) is 0 Å². The van der Waals surface area contributed by atoms with Crippen molar-refractivity contribution in [2.24, 2.45) is 5.92 Å². The molecule has 2 nitrogen and oxygen atoms in total. The molecule has 3 rings (SSSR count). The van der Waals surface area contributed by atoms with E-state index in [0.29, 0.717) is 5.88 Å². The van der Waals surface area contributed by atoms with Gasteiger partial charge in [-0.05, 0) is 42.4 Å². The third-order valence-corrected chi connectivity index (χ3v) is 5.45. The topological polar surface area (TPSA) is 17.8 Å². The van der Waals surface area contributed by atoms with Crippen molar-refractivity contribution in [2.75, 3.05) is 17.4 Å². The molecular weight excluding hydrogens is 311 g/mol. The molecular formula is C15H18Cl2N2S. The molecule has 0 atom stereocenters. The van der Waals surface area contributed by atoms with Crippen LogP contribution in [0.15, 0.2) is 18.2 Å². The van der Waals surface area contributed by atoms with Gasteiger partial charge in [-0.15, -0.1) is 11.6 Å². The monoisotopic (exact) mass is 328 g/mol. The van der Waals surface area contributed by atoms with Gasteiger partial charge in [0.2, 0.25) is 0 Å². The number of para-hydroxylation sites is 1. The second kappa shape index (κ2) is 6.59. The van der Waals surface area contributed by atoms with E-state index in [1.165, 1.54) is 24.3 Å². The third kappa shape index (κ3) is 2.95. The Balaban J connectivity index is 1.97. The standard InChI is InChI=1S/C15H18Cl2N2S/c16-7-4-14-18-15-12(17)2-1-3-13(15)19(14)10-11-5-8-20-9-6-11/h1-3,11H,4-10H2. The molecule has 2 heterocycles. The maximum Gasteiger partial charge on any atom is 0.111 e. The second-order valence-corrected chi connectivity index (χ2v) is 7.25. The number of nitrogens with zero attached hydrogens (tertiary/aromatic N) is 2. The van der Waals surface area contributed by atoms with Crippen molar-refractivity contribution >= 4 is 46.0 Å². The lowest BCUT2D eigenvalue weighted by atomic mass is 10.0. The van der Waals surface area contributed by atoms with Crippen LogP contribution in [-0.2, 0) is 13.0 Å². The fourth-order valence-corrected chi connectivity index (χ4v) is 4.41. The number of aromatic nitrogens is 2. The van der Waals surface area contributed by atoms with Gasteiger partial charge in [0.1, 0.15) is 11.3 Å². The molecule has 1 saturated heterocycles. The molecule has 0 saturated carbocycles. The molecule has 1 aromatic carbocycles. The summed E-state index contributed by atoms with van der Waals surface area (Å²) in [5.74, 6) is 4.98. The SMILES string of the molecule is ClCCc1nc2c(Cl)cccc2n1CC1CCSCC1. The molecule has 108 valence electrons. The number of alkyl halides is 1. The van der Waals surface area contributed by atoms with E-state index in [4.69, 9.17) is 28.2 Å². The lowest BCUT2D eigenvalue weighted by molar-refractivity contribution is 0.416. The van der Waals surface area contributed by atoms with E-state index in [-0.39, 0.29) is 0 Å². The summed E-state index contributed by atoms with van der Waals surface area (Å²) >= 11 is 14.3. The Hall–Kier alpha value is -0.380. The molecule has 0 spiro atoms. The summed E-state index contributed by atoms with van der Waals surface area (Å²) in [5, 5.41) is 0.733. The van der Waals surface area contributed by atoms with Gasteiger partial charge in [0, 0.05) is 18.8 Å². The quantitative estimate of drug-likeness (QED) is 0.762. The first-order valence-corrected chi connectivity index (χ1v) is 9.13. The molecule has 1 aromatic heterocycles. The van der Waals surface area contributed by atoms with Crippen molar-refractivity contribution in [3.05, 3.63) is 29.0 Å². The predicted octanol–water partition coefficient (Wildman–Crippen LogP) is 4.61. The normalized spacial score (nSPS) is 16.9. The van der Waals surface area contributed by atoms with Crippen molar-refractivity contribution in [3.63, 3.8) is 0 Å². The van der Waals surface area contributed by atoms with E-state index in [1.54, 1.807) is 0 Å². The van der Waals surface area contributed by atoms with E-state index in [1.807, 2.05) is 12.1 Å². The van der Waals surface area contributed by atoms with Crippen molar-refractivity contribution < 1.29 is 0 Å². The molecule has 5 heteroatoms. The fraction of sp³-hybridized carbons (Fsp3) is 0.533. The smallest absolute Gasteiger partial charge is 0.111 e. The zero-order chi connectivity index (χ0) is 13.9. The van der Waals surface area contributed by atoms with Gasteiger partial charge in [0.25, 0.3) is 0 Å². The van der Waals surface area contributed by atoms with Crippen LogP contribution in [0.4, 0.5) is 0 Å². The number of thioether (sulfide) groups is 1. The molecule has 0 N–H and O–H groups in total. The van der Waals surface area contributed by atoms with Crippen molar-refractivity contribution in [3.8, 4) is 0 Å². The first-order chi connectivity index (χ1) is 9.79. The average molecular weight is 329 g/mol. The summed E-state index contributed by atoms with van der Waals surface area (Å²) < 4.78 is 2.34. The molecule has 0 amide bonds. The Morgan fingerprint density at radius 3 is 2.85 bits per heavy atom. The average Bonchev–Trinajstić information content (AvgIpc) is 2.81. The summed E-state index contributed by atoms with van der Waals surface area (Å²) in [7, 11) is 0. The molecule has 0 unspecified atom stereocenters. The highest BCUT2D eigenvalue weighted by Crippen LogP contribution is 2.29. The third-order valence-electron chi connectivity index (χ3n) is 3.91. The van der Waals surface area contributed by atoms with Gasteiger partial charge in [-0.25, -0.2) is 4.98 Å². The van der Waals surface area contributed by atoms with Gasteiger partial charge in [0.15, 0.2) is 0 Å². The number of hydrogen-bond donors (Lipinski definition) is 0. The number of rotatable bonds is 4. The van der Waals surface area contributed by atoms with Gasteiger partial charge in [0.05, 0.1) is 10.5 Å². The summed E-state index contributed by atoms with van der Waals surface area (Å²) in [6.45, 7) is 1.05. The Morgan fingerprint density at radius 2 is 2.10 bits per heavy atom. The van der Waals surface area contributed by atoms with Gasteiger partial charge in [-0.2, -0.15) is 11.8 Å². The lowest BCUT2D eigenvalue weighted by Gasteiger charge is -2.23. The molecule has 0 bridgehead atoms. The number of aryl methyl sites for hydroxylation is 1. The highest BCUT2D eigenvalue weighted by Gasteiger charge is 2.18. The molecule has 0 aliphatic carbocycles. The first kappa shape index (κ1) is 14.6. The van der Waals surface area contributed by atoms with Gasteiger partial charge in [-0.3, -0.25) is 0 Å². The van der Waals surface area contributed by atoms with E-state index >= 15 is 0 Å². The van der Waals surface area contributed by atoms with Crippen molar-refractivity contribution in [2.45, 2.75) is 25.8 Å². The van der Waals surface area contributed by atoms with Crippen LogP contribution in [0.2, 0.25) is 5.02 Å². The number of hydrogen-bond acceptors (Lipinski definition) is 2. The highest BCUT2D eigenvalue weighted by atomic mass is 35.5. The zero-order valence-electron chi connectivity index (χ0n) is 11.3. The molecule has 2 aromatic rings. The Labute approximate surface area is 133 Å². The largest absolute Gasteiger partial charge is 0.328 e. The summed E-state index contributed by atoms with van der Waals surface area (Å²) in [6.07, 6.45) is 3.39. The zero-order valence-corrected chi connectivity index (χ0v) is 13.6. The van der Waals surface area contributed by atoms with Crippen LogP contribution in [0.5, 0.6) is 0 Å². The summed E-state index contributed by atoms with van der Waals surface area (Å²) in [5.41, 5.74) is 2.07. The van der Waals surface area contributed by atoms with Crippen LogP contribution >= 0.6 is 35.0 Å². The van der Waals surface area contributed by atoms with Crippen LogP contribution in [0, 0.1) is 5.92 Å². The Kier molecular flexibility index (Phi) is 4.79. The predicted molar refractivity (Wildman–Crippen MR) is 89.2 cm³/mol. The first-order valence-electron chi connectivity index (χ1n) is 7.07. The van der Waals surface area contributed by atoms with Crippen LogP contribution in [-0.4, -0.2) is 26.9 Å². The van der Waals surface area contributed by atoms with Crippen LogP contribution < -0.4 is 0 Å². The minimum atomic E-state index is 0.599.